The Labute approximate surface area is 131 Å². The molecular formula is C14H18INO2S. The molecule has 0 aliphatic carbocycles. The van der Waals surface area contributed by atoms with E-state index < -0.39 is 5.60 Å². The van der Waals surface area contributed by atoms with E-state index in [2.05, 4.69) is 27.6 Å². The average Bonchev–Trinajstić information content (AvgIpc) is 2.71. The van der Waals surface area contributed by atoms with Crippen molar-refractivity contribution in [3.63, 3.8) is 0 Å². The fourth-order valence-corrected chi connectivity index (χ4v) is 2.52. The molecule has 0 saturated carbocycles. The maximum atomic E-state index is 11.3. The zero-order chi connectivity index (χ0) is 14.5. The molecule has 0 aliphatic heterocycles. The predicted molar refractivity (Wildman–Crippen MR) is 88.5 cm³/mol. The Hall–Kier alpha value is -0.690. The quantitative estimate of drug-likeness (QED) is 0.548. The summed E-state index contributed by atoms with van der Waals surface area (Å²) in [4.78, 5) is 15.7. The van der Waals surface area contributed by atoms with Gasteiger partial charge in [-0.1, -0.05) is 28.7 Å². The molecule has 1 aromatic heterocycles. The minimum atomic E-state index is -0.620. The van der Waals surface area contributed by atoms with Gasteiger partial charge in [-0.15, -0.1) is 11.3 Å². The number of thiazole rings is 1. The van der Waals surface area contributed by atoms with E-state index in [1.807, 2.05) is 42.4 Å². The van der Waals surface area contributed by atoms with Gasteiger partial charge in [-0.2, -0.15) is 0 Å². The van der Waals surface area contributed by atoms with Crippen LogP contribution in [0.15, 0.2) is 21.1 Å². The van der Waals surface area contributed by atoms with E-state index in [1.54, 1.807) is 11.3 Å². The standard InChI is InChI=1S/C14H18INO2S/c1-10(8-13-9-19-11(2)16-13)14(4,6-5-7-15)18-12(3)17/h5,7-9H,6H2,1-4H3/b7-5-,10-8+. The summed E-state index contributed by atoms with van der Waals surface area (Å²) < 4.78 is 7.42. The number of rotatable bonds is 5. The Morgan fingerprint density at radius 2 is 2.26 bits per heavy atom. The predicted octanol–water partition coefficient (Wildman–Crippen LogP) is 4.52. The first-order valence-electron chi connectivity index (χ1n) is 5.93. The molecule has 3 nitrogen and oxygen atoms in total. The van der Waals surface area contributed by atoms with Crippen LogP contribution in [0, 0.1) is 6.92 Å². The van der Waals surface area contributed by atoms with Crippen LogP contribution in [0.1, 0.15) is 37.9 Å². The van der Waals surface area contributed by atoms with Crippen LogP contribution in [0.4, 0.5) is 0 Å². The Bertz CT molecular complexity index is 507. The summed E-state index contributed by atoms with van der Waals surface area (Å²) in [7, 11) is 0. The fourth-order valence-electron chi connectivity index (χ4n) is 1.69. The van der Waals surface area contributed by atoms with Crippen molar-refractivity contribution in [2.45, 2.75) is 39.7 Å². The summed E-state index contributed by atoms with van der Waals surface area (Å²) in [5, 5.41) is 3.03. The molecule has 1 unspecified atom stereocenters. The second kappa shape index (κ2) is 7.19. The minimum Gasteiger partial charge on any atom is -0.455 e. The smallest absolute Gasteiger partial charge is 0.303 e. The molecule has 5 heteroatoms. The second-order valence-corrected chi connectivity index (χ2v) is 6.29. The van der Waals surface area contributed by atoms with Gasteiger partial charge >= 0.3 is 5.97 Å². The van der Waals surface area contributed by atoms with Crippen LogP contribution in [0.3, 0.4) is 0 Å². The third kappa shape index (κ3) is 5.06. The first-order chi connectivity index (χ1) is 8.87. The Balaban J connectivity index is 3.02. The minimum absolute atomic E-state index is 0.272. The number of nitrogens with zero attached hydrogens (tertiary/aromatic N) is 1. The third-order valence-corrected chi connectivity index (χ3v) is 4.10. The lowest BCUT2D eigenvalue weighted by Gasteiger charge is -2.29. The van der Waals surface area contributed by atoms with Crippen molar-refractivity contribution in [1.29, 1.82) is 0 Å². The first kappa shape index (κ1) is 16.4. The van der Waals surface area contributed by atoms with Crippen molar-refractivity contribution in [2.75, 3.05) is 0 Å². The van der Waals surface area contributed by atoms with Gasteiger partial charge in [-0.25, -0.2) is 4.98 Å². The van der Waals surface area contributed by atoms with Crippen LogP contribution >= 0.6 is 33.9 Å². The lowest BCUT2D eigenvalue weighted by molar-refractivity contribution is -0.151. The molecule has 0 bridgehead atoms. The molecule has 1 heterocycles. The van der Waals surface area contributed by atoms with Gasteiger partial charge in [0.1, 0.15) is 5.60 Å². The van der Waals surface area contributed by atoms with Crippen LogP contribution in [-0.4, -0.2) is 16.6 Å². The lowest BCUT2D eigenvalue weighted by Crippen LogP contribution is -2.31. The van der Waals surface area contributed by atoms with Gasteiger partial charge in [0.2, 0.25) is 0 Å². The number of hydrogen-bond acceptors (Lipinski definition) is 4. The third-order valence-electron chi connectivity index (χ3n) is 2.80. The van der Waals surface area contributed by atoms with E-state index in [4.69, 9.17) is 4.74 Å². The lowest BCUT2D eigenvalue weighted by atomic mass is 9.92. The Kier molecular flexibility index (Phi) is 6.19. The molecule has 0 spiro atoms. The molecule has 0 amide bonds. The number of carbonyl (C=O) groups is 1. The molecule has 0 saturated heterocycles. The zero-order valence-corrected chi connectivity index (χ0v) is 14.5. The number of esters is 1. The number of aryl methyl sites for hydroxylation is 1. The van der Waals surface area contributed by atoms with Crippen LogP contribution in [0.25, 0.3) is 6.08 Å². The maximum Gasteiger partial charge on any atom is 0.303 e. The fraction of sp³-hybridized carbons (Fsp3) is 0.429. The molecule has 1 aromatic rings. The van der Waals surface area contributed by atoms with E-state index in [1.165, 1.54) is 6.92 Å². The van der Waals surface area contributed by atoms with Crippen molar-refractivity contribution in [1.82, 2.24) is 4.98 Å². The highest BCUT2D eigenvalue weighted by Crippen LogP contribution is 2.28. The molecule has 1 atom stereocenters. The molecule has 1 rings (SSSR count). The number of halogens is 1. The van der Waals surface area contributed by atoms with Crippen molar-refractivity contribution in [2.24, 2.45) is 0 Å². The van der Waals surface area contributed by atoms with Gasteiger partial charge < -0.3 is 4.74 Å². The average molecular weight is 391 g/mol. The summed E-state index contributed by atoms with van der Waals surface area (Å²) in [6.45, 7) is 7.31. The molecule has 0 aromatic carbocycles. The zero-order valence-electron chi connectivity index (χ0n) is 11.6. The largest absolute Gasteiger partial charge is 0.455 e. The monoisotopic (exact) mass is 391 g/mol. The normalized spacial score (nSPS) is 15.5. The SMILES string of the molecule is CC(=O)OC(C)(C/C=C\I)/C(C)=C/c1csc(C)n1. The number of hydrogen-bond donors (Lipinski definition) is 0. The summed E-state index contributed by atoms with van der Waals surface area (Å²) in [6, 6.07) is 0. The topological polar surface area (TPSA) is 39.2 Å². The number of aromatic nitrogens is 1. The molecule has 0 N–H and O–H groups in total. The highest BCUT2D eigenvalue weighted by Gasteiger charge is 2.28. The summed E-state index contributed by atoms with van der Waals surface area (Å²) in [5.41, 5.74) is 1.28. The van der Waals surface area contributed by atoms with Crippen molar-refractivity contribution >= 4 is 46.0 Å². The van der Waals surface area contributed by atoms with Gasteiger partial charge in [0.15, 0.2) is 0 Å². The Morgan fingerprint density at radius 1 is 1.58 bits per heavy atom. The first-order valence-corrected chi connectivity index (χ1v) is 8.05. The molecule has 0 radical (unpaired) electrons. The van der Waals surface area contributed by atoms with E-state index in [-0.39, 0.29) is 5.97 Å². The molecule has 0 aliphatic rings. The van der Waals surface area contributed by atoms with E-state index >= 15 is 0 Å². The van der Waals surface area contributed by atoms with Crippen LogP contribution in [0.2, 0.25) is 0 Å². The molecule has 104 valence electrons. The molecular weight excluding hydrogens is 373 g/mol. The summed E-state index contributed by atoms with van der Waals surface area (Å²) in [6.07, 6.45) is 4.63. The van der Waals surface area contributed by atoms with Crippen LogP contribution < -0.4 is 0 Å². The number of ether oxygens (including phenoxy) is 1. The van der Waals surface area contributed by atoms with E-state index in [9.17, 15) is 4.79 Å². The summed E-state index contributed by atoms with van der Waals surface area (Å²) >= 11 is 3.77. The van der Waals surface area contributed by atoms with Crippen LogP contribution in [0.5, 0.6) is 0 Å². The summed E-state index contributed by atoms with van der Waals surface area (Å²) in [5.74, 6) is -0.272. The molecule has 19 heavy (non-hydrogen) atoms. The highest BCUT2D eigenvalue weighted by atomic mass is 127. The van der Waals surface area contributed by atoms with Crippen molar-refractivity contribution < 1.29 is 9.53 Å². The second-order valence-electron chi connectivity index (χ2n) is 4.51. The van der Waals surface area contributed by atoms with Crippen molar-refractivity contribution in [3.05, 3.63) is 31.8 Å². The Morgan fingerprint density at radius 3 is 2.74 bits per heavy atom. The van der Waals surface area contributed by atoms with E-state index in [0.717, 1.165) is 16.3 Å². The van der Waals surface area contributed by atoms with Gasteiger partial charge in [0.05, 0.1) is 10.7 Å². The van der Waals surface area contributed by atoms with Crippen molar-refractivity contribution in [3.8, 4) is 0 Å². The highest BCUT2D eigenvalue weighted by molar-refractivity contribution is 14.1. The van der Waals surface area contributed by atoms with Gasteiger partial charge in [0, 0.05) is 18.7 Å². The number of carbonyl (C=O) groups excluding carboxylic acids is 1. The molecule has 0 fully saturated rings. The van der Waals surface area contributed by atoms with Gasteiger partial charge in [0.25, 0.3) is 0 Å². The van der Waals surface area contributed by atoms with Crippen LogP contribution in [-0.2, 0) is 9.53 Å². The maximum absolute atomic E-state index is 11.3. The van der Waals surface area contributed by atoms with Gasteiger partial charge in [-0.05, 0) is 36.5 Å². The van der Waals surface area contributed by atoms with Gasteiger partial charge in [-0.3, -0.25) is 4.79 Å². The van der Waals surface area contributed by atoms with E-state index in [0.29, 0.717) is 6.42 Å².